The van der Waals surface area contributed by atoms with E-state index in [0.29, 0.717) is 13.1 Å². The van der Waals surface area contributed by atoms with E-state index in [9.17, 15) is 8.42 Å². The molecular formula is C11H25N3O2S. The van der Waals surface area contributed by atoms with Crippen LogP contribution >= 0.6 is 0 Å². The molecule has 1 rings (SSSR count). The highest BCUT2D eigenvalue weighted by atomic mass is 32.2. The molecule has 1 aliphatic rings. The minimum absolute atomic E-state index is 0.0779. The summed E-state index contributed by atoms with van der Waals surface area (Å²) < 4.78 is 26.1. The molecule has 0 aromatic heterocycles. The zero-order valence-electron chi connectivity index (χ0n) is 11.1. The average molecular weight is 263 g/mol. The van der Waals surface area contributed by atoms with E-state index in [2.05, 4.69) is 10.2 Å². The Morgan fingerprint density at radius 1 is 1.35 bits per heavy atom. The highest BCUT2D eigenvalue weighted by Crippen LogP contribution is 2.13. The maximum absolute atomic E-state index is 12.2. The molecule has 102 valence electrons. The van der Waals surface area contributed by atoms with Crippen LogP contribution in [-0.4, -0.2) is 69.2 Å². The maximum Gasteiger partial charge on any atom is 0.215 e. The molecule has 0 bridgehead atoms. The van der Waals surface area contributed by atoms with E-state index in [1.807, 2.05) is 20.9 Å². The lowest BCUT2D eigenvalue weighted by molar-refractivity contribution is 0.290. The molecule has 0 aliphatic carbocycles. The molecule has 6 heteroatoms. The van der Waals surface area contributed by atoms with E-state index < -0.39 is 10.0 Å². The van der Waals surface area contributed by atoms with E-state index in [1.54, 1.807) is 4.31 Å². The second-order valence-corrected chi connectivity index (χ2v) is 6.79. The van der Waals surface area contributed by atoms with Crippen LogP contribution in [0.15, 0.2) is 0 Å². The number of sulfonamides is 1. The summed E-state index contributed by atoms with van der Waals surface area (Å²) in [5, 5.41) is 3.07. The second-order valence-electron chi connectivity index (χ2n) is 4.75. The van der Waals surface area contributed by atoms with Gasteiger partial charge in [0.05, 0.1) is 5.75 Å². The average Bonchev–Trinajstić information content (AvgIpc) is 2.39. The highest BCUT2D eigenvalue weighted by molar-refractivity contribution is 7.89. The van der Waals surface area contributed by atoms with Gasteiger partial charge in [-0.05, 0) is 33.5 Å². The van der Waals surface area contributed by atoms with Crippen molar-refractivity contribution in [3.05, 3.63) is 0 Å². The molecule has 1 heterocycles. The van der Waals surface area contributed by atoms with Crippen LogP contribution in [0.5, 0.6) is 0 Å². The molecule has 0 amide bonds. The van der Waals surface area contributed by atoms with Crippen LogP contribution in [0, 0.1) is 0 Å². The van der Waals surface area contributed by atoms with Crippen LogP contribution in [0.25, 0.3) is 0 Å². The number of likely N-dealkylation sites (N-methyl/N-ethyl adjacent to an activating group) is 1. The zero-order valence-corrected chi connectivity index (χ0v) is 12.0. The molecule has 1 N–H and O–H groups in total. The molecule has 5 nitrogen and oxygen atoms in total. The summed E-state index contributed by atoms with van der Waals surface area (Å²) in [6.45, 7) is 7.78. The molecule has 1 fully saturated rings. The summed E-state index contributed by atoms with van der Waals surface area (Å²) in [4.78, 5) is 2.20. The van der Waals surface area contributed by atoms with Crippen LogP contribution in [0.2, 0.25) is 0 Å². The Bertz CT molecular complexity index is 319. The minimum atomic E-state index is -3.11. The fraction of sp³-hybridized carbons (Fsp3) is 1.00. The summed E-state index contributed by atoms with van der Waals surface area (Å²) in [7, 11) is -1.06. The first-order valence-electron chi connectivity index (χ1n) is 6.36. The summed E-state index contributed by atoms with van der Waals surface area (Å²) in [6, 6.07) is 0.0779. The molecule has 0 aromatic carbocycles. The van der Waals surface area contributed by atoms with Crippen molar-refractivity contribution in [2.24, 2.45) is 0 Å². The highest BCUT2D eigenvalue weighted by Gasteiger charge is 2.29. The van der Waals surface area contributed by atoms with Crippen LogP contribution in [0.4, 0.5) is 0 Å². The lowest BCUT2D eigenvalue weighted by atomic mass is 10.3. The first kappa shape index (κ1) is 14.9. The minimum Gasteiger partial charge on any atom is -0.316 e. The number of hydrogen-bond acceptors (Lipinski definition) is 4. The summed E-state index contributed by atoms with van der Waals surface area (Å²) in [6.07, 6.45) is 0.918. The molecule has 1 saturated heterocycles. The predicted molar refractivity (Wildman–Crippen MR) is 70.6 cm³/mol. The summed E-state index contributed by atoms with van der Waals surface area (Å²) >= 11 is 0. The van der Waals surface area contributed by atoms with Gasteiger partial charge in [-0.2, -0.15) is 4.31 Å². The summed E-state index contributed by atoms with van der Waals surface area (Å²) in [5.74, 6) is 0.203. The molecule has 0 spiro atoms. The number of hydrogen-bond donors (Lipinski definition) is 1. The quantitative estimate of drug-likeness (QED) is 0.707. The molecule has 1 atom stereocenters. The smallest absolute Gasteiger partial charge is 0.215 e. The van der Waals surface area contributed by atoms with Gasteiger partial charge in [-0.1, -0.05) is 6.92 Å². The largest absolute Gasteiger partial charge is 0.316 e. The van der Waals surface area contributed by atoms with Crippen molar-refractivity contribution in [1.29, 1.82) is 0 Å². The molecule has 1 unspecified atom stereocenters. The maximum atomic E-state index is 12.2. The van der Waals surface area contributed by atoms with Gasteiger partial charge in [-0.3, -0.25) is 0 Å². The van der Waals surface area contributed by atoms with Crippen molar-refractivity contribution in [2.75, 3.05) is 45.5 Å². The van der Waals surface area contributed by atoms with Gasteiger partial charge in [0, 0.05) is 25.7 Å². The van der Waals surface area contributed by atoms with Crippen molar-refractivity contribution in [3.8, 4) is 0 Å². The fourth-order valence-corrected chi connectivity index (χ4v) is 3.92. The summed E-state index contributed by atoms with van der Waals surface area (Å²) in [5.41, 5.74) is 0. The van der Waals surface area contributed by atoms with Gasteiger partial charge < -0.3 is 10.2 Å². The van der Waals surface area contributed by atoms with Crippen molar-refractivity contribution in [3.63, 3.8) is 0 Å². The monoisotopic (exact) mass is 263 g/mol. The van der Waals surface area contributed by atoms with Crippen molar-refractivity contribution >= 4 is 10.0 Å². The Labute approximate surface area is 105 Å². The normalized spacial score (nSPS) is 24.8. The van der Waals surface area contributed by atoms with E-state index >= 15 is 0 Å². The first-order valence-corrected chi connectivity index (χ1v) is 7.97. The lowest BCUT2D eigenvalue weighted by Gasteiger charge is -2.27. The van der Waals surface area contributed by atoms with Gasteiger partial charge >= 0.3 is 0 Å². The van der Waals surface area contributed by atoms with Crippen molar-refractivity contribution < 1.29 is 8.42 Å². The zero-order chi connectivity index (χ0) is 12.9. The van der Waals surface area contributed by atoms with Crippen LogP contribution in [0.3, 0.4) is 0 Å². The predicted octanol–water partition coefficient (Wildman–Crippen LogP) is -0.0483. The Balaban J connectivity index is 2.62. The third-order valence-corrected chi connectivity index (χ3v) is 5.11. The van der Waals surface area contributed by atoms with Gasteiger partial charge in [0.25, 0.3) is 0 Å². The lowest BCUT2D eigenvalue weighted by Crippen LogP contribution is -2.44. The van der Waals surface area contributed by atoms with E-state index in [0.717, 1.165) is 26.1 Å². The Morgan fingerprint density at radius 2 is 2.06 bits per heavy atom. The fourth-order valence-electron chi connectivity index (χ4n) is 2.26. The molecular weight excluding hydrogens is 238 g/mol. The van der Waals surface area contributed by atoms with Gasteiger partial charge in [-0.15, -0.1) is 0 Å². The Morgan fingerprint density at radius 3 is 2.71 bits per heavy atom. The molecule has 17 heavy (non-hydrogen) atoms. The van der Waals surface area contributed by atoms with Gasteiger partial charge in [0.1, 0.15) is 0 Å². The first-order chi connectivity index (χ1) is 7.97. The SMILES string of the molecule is CCNCCS(=O)(=O)N1CCCN(C)CC1C. The number of nitrogens with zero attached hydrogens (tertiary/aromatic N) is 2. The van der Waals surface area contributed by atoms with Crippen LogP contribution in [-0.2, 0) is 10.0 Å². The second kappa shape index (κ2) is 6.68. The van der Waals surface area contributed by atoms with E-state index in [4.69, 9.17) is 0 Å². The molecule has 1 aliphatic heterocycles. The molecule has 0 radical (unpaired) electrons. The number of rotatable bonds is 5. The third kappa shape index (κ3) is 4.54. The van der Waals surface area contributed by atoms with Crippen LogP contribution < -0.4 is 5.32 Å². The van der Waals surface area contributed by atoms with E-state index in [-0.39, 0.29) is 11.8 Å². The third-order valence-electron chi connectivity index (χ3n) is 3.13. The van der Waals surface area contributed by atoms with Crippen LogP contribution in [0.1, 0.15) is 20.3 Å². The van der Waals surface area contributed by atoms with Crippen molar-refractivity contribution in [1.82, 2.24) is 14.5 Å². The van der Waals surface area contributed by atoms with Gasteiger partial charge in [0.15, 0.2) is 0 Å². The van der Waals surface area contributed by atoms with Crippen molar-refractivity contribution in [2.45, 2.75) is 26.3 Å². The molecule has 0 aromatic rings. The van der Waals surface area contributed by atoms with Gasteiger partial charge in [-0.25, -0.2) is 8.42 Å². The standard InChI is InChI=1S/C11H25N3O2S/c1-4-12-6-9-17(15,16)14-8-5-7-13(3)10-11(14)2/h11-12H,4-10H2,1-3H3. The molecule has 0 saturated carbocycles. The van der Waals surface area contributed by atoms with Gasteiger partial charge in [0.2, 0.25) is 10.0 Å². The number of nitrogens with one attached hydrogen (secondary N) is 1. The Hall–Kier alpha value is -0.170. The Kier molecular flexibility index (Phi) is 5.85. The van der Waals surface area contributed by atoms with E-state index in [1.165, 1.54) is 0 Å². The topological polar surface area (TPSA) is 52.7 Å².